The van der Waals surface area contributed by atoms with Crippen molar-refractivity contribution in [3.05, 3.63) is 57.2 Å². The predicted octanol–water partition coefficient (Wildman–Crippen LogP) is 1.17. The van der Waals surface area contributed by atoms with Crippen LogP contribution in [0.15, 0.2) is 34.7 Å². The third-order valence-corrected chi connectivity index (χ3v) is 4.41. The second-order valence-corrected chi connectivity index (χ2v) is 6.05. The molecule has 0 bridgehead atoms. The Labute approximate surface area is 147 Å². The molecule has 0 aromatic carbocycles. The fraction of sp³-hybridized carbons (Fsp3) is 0.353. The first-order chi connectivity index (χ1) is 12.6. The van der Waals surface area contributed by atoms with E-state index >= 15 is 0 Å². The number of aromatic nitrogens is 3. The Morgan fingerprint density at radius 3 is 3.04 bits per heavy atom. The van der Waals surface area contributed by atoms with Gasteiger partial charge in [0.1, 0.15) is 24.5 Å². The van der Waals surface area contributed by atoms with Crippen molar-refractivity contribution in [2.45, 2.75) is 18.9 Å². The molecule has 2 aliphatic rings. The van der Waals surface area contributed by atoms with Crippen molar-refractivity contribution in [2.75, 3.05) is 20.3 Å². The van der Waals surface area contributed by atoms with E-state index in [1.54, 1.807) is 6.20 Å². The van der Waals surface area contributed by atoms with E-state index in [4.69, 9.17) is 14.2 Å². The Bertz CT molecular complexity index is 1000. The lowest BCUT2D eigenvalue weighted by molar-refractivity contribution is 0.0616. The molecule has 0 saturated carbocycles. The third kappa shape index (κ3) is 2.66. The van der Waals surface area contributed by atoms with Crippen LogP contribution in [0.25, 0.3) is 5.52 Å². The molecule has 26 heavy (non-hydrogen) atoms. The third-order valence-electron chi connectivity index (χ3n) is 4.41. The van der Waals surface area contributed by atoms with Crippen LogP contribution >= 0.6 is 0 Å². The molecule has 1 atom stereocenters. The van der Waals surface area contributed by atoms with Crippen LogP contribution in [0.5, 0.6) is 0 Å². The number of hydrogen-bond donors (Lipinski definition) is 2. The number of carboxylic acid groups (broad SMARTS) is 1. The van der Waals surface area contributed by atoms with Gasteiger partial charge in [0.2, 0.25) is 0 Å². The van der Waals surface area contributed by atoms with Gasteiger partial charge in [-0.2, -0.15) is 5.10 Å². The Morgan fingerprint density at radius 2 is 2.27 bits per heavy atom. The summed E-state index contributed by atoms with van der Waals surface area (Å²) in [4.78, 5) is 26.9. The smallest absolute Gasteiger partial charge is 0.356 e. The van der Waals surface area contributed by atoms with Crippen LogP contribution in [0.2, 0.25) is 0 Å². The molecule has 3 heterocycles. The van der Waals surface area contributed by atoms with Crippen LogP contribution < -0.4 is 5.56 Å². The van der Waals surface area contributed by atoms with E-state index in [0.29, 0.717) is 31.1 Å². The first-order valence-electron chi connectivity index (χ1n) is 8.12. The molecule has 0 radical (unpaired) electrons. The van der Waals surface area contributed by atoms with Crippen LogP contribution in [0.1, 0.15) is 34.1 Å². The number of ether oxygens (including phenoxy) is 3. The van der Waals surface area contributed by atoms with Crippen molar-refractivity contribution >= 4 is 11.5 Å². The van der Waals surface area contributed by atoms with Crippen LogP contribution in [0, 0.1) is 0 Å². The van der Waals surface area contributed by atoms with Crippen LogP contribution in [0.4, 0.5) is 0 Å². The molecule has 9 heteroatoms. The molecule has 0 spiro atoms. The first-order valence-corrected chi connectivity index (χ1v) is 8.12. The number of aromatic carboxylic acids is 1. The van der Waals surface area contributed by atoms with Crippen molar-refractivity contribution in [3.8, 4) is 0 Å². The quantitative estimate of drug-likeness (QED) is 0.842. The van der Waals surface area contributed by atoms with Crippen LogP contribution in [0.3, 0.4) is 0 Å². The van der Waals surface area contributed by atoms with Gasteiger partial charge in [-0.25, -0.2) is 9.31 Å². The molecule has 1 aliphatic heterocycles. The fourth-order valence-corrected chi connectivity index (χ4v) is 3.25. The van der Waals surface area contributed by atoms with Gasteiger partial charge < -0.3 is 24.3 Å². The number of carboxylic acids is 1. The number of aromatic amines is 1. The van der Waals surface area contributed by atoms with Crippen LogP contribution in [-0.2, 0) is 20.8 Å². The summed E-state index contributed by atoms with van der Waals surface area (Å²) in [5, 5.41) is 13.4. The molecule has 2 aromatic rings. The van der Waals surface area contributed by atoms with Gasteiger partial charge in [-0.3, -0.25) is 4.79 Å². The first kappa shape index (κ1) is 16.4. The summed E-state index contributed by atoms with van der Waals surface area (Å²) in [6.45, 7) is 0.999. The van der Waals surface area contributed by atoms with Gasteiger partial charge in [0.05, 0.1) is 6.61 Å². The minimum Gasteiger partial charge on any atom is -0.490 e. The SMILES string of the molecule is COCc1c(C(=O)O)nn2cc(C3C=CC4=C(C3)OCCO4)[nH]c(=O)c12. The molecule has 2 N–H and O–H groups in total. The Hall–Kier alpha value is -3.07. The minimum absolute atomic E-state index is 0.0156. The molecule has 136 valence electrons. The maximum absolute atomic E-state index is 12.6. The van der Waals surface area contributed by atoms with Gasteiger partial charge in [-0.15, -0.1) is 0 Å². The van der Waals surface area contributed by atoms with Crippen molar-refractivity contribution in [3.63, 3.8) is 0 Å². The predicted molar refractivity (Wildman–Crippen MR) is 88.9 cm³/mol. The van der Waals surface area contributed by atoms with Crippen molar-refractivity contribution in [2.24, 2.45) is 0 Å². The summed E-state index contributed by atoms with van der Waals surface area (Å²) >= 11 is 0. The van der Waals surface area contributed by atoms with E-state index in [1.807, 2.05) is 12.2 Å². The number of H-pyrrole nitrogens is 1. The highest BCUT2D eigenvalue weighted by atomic mass is 16.6. The van der Waals surface area contributed by atoms with E-state index in [0.717, 1.165) is 5.76 Å². The standard InChI is InChI=1S/C17H17N3O6/c1-24-8-10-14(17(22)23)19-20-7-11(18-16(21)15(10)20)9-2-3-12-13(6-9)26-5-4-25-12/h2-3,7,9H,4-6,8H2,1H3,(H,18,21)(H,22,23). The van der Waals surface area contributed by atoms with Gasteiger partial charge >= 0.3 is 5.97 Å². The maximum Gasteiger partial charge on any atom is 0.356 e. The molecule has 0 fully saturated rings. The Balaban J connectivity index is 1.77. The number of nitrogens with zero attached hydrogens (tertiary/aromatic N) is 2. The summed E-state index contributed by atoms with van der Waals surface area (Å²) in [6.07, 6.45) is 5.92. The molecule has 9 nitrogen and oxygen atoms in total. The molecular formula is C17H17N3O6. The molecule has 0 saturated heterocycles. The minimum atomic E-state index is -1.21. The Morgan fingerprint density at radius 1 is 1.46 bits per heavy atom. The van der Waals surface area contributed by atoms with E-state index < -0.39 is 11.5 Å². The molecule has 1 aliphatic carbocycles. The zero-order valence-corrected chi connectivity index (χ0v) is 14.0. The van der Waals surface area contributed by atoms with E-state index in [-0.39, 0.29) is 29.3 Å². The van der Waals surface area contributed by atoms with Gasteiger partial charge in [0.15, 0.2) is 11.5 Å². The second kappa shape index (κ2) is 6.34. The van der Waals surface area contributed by atoms with Gasteiger partial charge in [0.25, 0.3) is 5.56 Å². The zero-order chi connectivity index (χ0) is 18.3. The summed E-state index contributed by atoms with van der Waals surface area (Å²) < 4.78 is 17.5. The van der Waals surface area contributed by atoms with Gasteiger partial charge in [0, 0.05) is 36.9 Å². The van der Waals surface area contributed by atoms with E-state index in [2.05, 4.69) is 10.1 Å². The summed E-state index contributed by atoms with van der Waals surface area (Å²) in [6, 6.07) is 0. The number of allylic oxidation sites excluding steroid dienone is 3. The maximum atomic E-state index is 12.6. The number of fused-ring (bicyclic) bond motifs is 1. The fourth-order valence-electron chi connectivity index (χ4n) is 3.25. The van der Waals surface area contributed by atoms with Crippen molar-refractivity contribution in [1.82, 2.24) is 14.6 Å². The lowest BCUT2D eigenvalue weighted by atomic mass is 9.95. The highest BCUT2D eigenvalue weighted by Crippen LogP contribution is 2.32. The molecule has 2 aromatic heterocycles. The monoisotopic (exact) mass is 359 g/mol. The summed E-state index contributed by atoms with van der Waals surface area (Å²) in [5.41, 5.74) is 0.431. The van der Waals surface area contributed by atoms with E-state index in [9.17, 15) is 14.7 Å². The molecule has 0 amide bonds. The lowest BCUT2D eigenvalue weighted by Gasteiger charge is -2.26. The number of hydrogen-bond acceptors (Lipinski definition) is 6. The zero-order valence-electron chi connectivity index (χ0n) is 14.0. The molecular weight excluding hydrogens is 342 g/mol. The van der Waals surface area contributed by atoms with Crippen molar-refractivity contribution < 1.29 is 24.1 Å². The molecule has 1 unspecified atom stereocenters. The summed E-state index contributed by atoms with van der Waals surface area (Å²) in [5.74, 6) is 0.125. The average Bonchev–Trinajstić information content (AvgIpc) is 3.01. The van der Waals surface area contributed by atoms with Crippen molar-refractivity contribution in [1.29, 1.82) is 0 Å². The van der Waals surface area contributed by atoms with Crippen LogP contribution in [-0.4, -0.2) is 46.0 Å². The number of carbonyl (C=O) groups is 1. The van der Waals surface area contributed by atoms with E-state index in [1.165, 1.54) is 11.6 Å². The second-order valence-electron chi connectivity index (χ2n) is 6.05. The number of nitrogens with one attached hydrogen (secondary N) is 1. The van der Waals surface area contributed by atoms with Gasteiger partial charge in [-0.1, -0.05) is 6.08 Å². The average molecular weight is 359 g/mol. The number of rotatable bonds is 4. The number of methoxy groups -OCH3 is 1. The lowest BCUT2D eigenvalue weighted by Crippen LogP contribution is -2.20. The topological polar surface area (TPSA) is 115 Å². The highest BCUT2D eigenvalue weighted by molar-refractivity contribution is 5.89. The highest BCUT2D eigenvalue weighted by Gasteiger charge is 2.26. The normalized spacial score (nSPS) is 19.2. The summed E-state index contributed by atoms with van der Waals surface area (Å²) in [7, 11) is 1.43. The van der Waals surface area contributed by atoms with Gasteiger partial charge in [-0.05, 0) is 6.08 Å². The largest absolute Gasteiger partial charge is 0.490 e. The molecule has 4 rings (SSSR count). The Kier molecular flexibility index (Phi) is 4.00.